The average molecular weight is 296 g/mol. The van der Waals surface area contributed by atoms with Crippen LogP contribution in [-0.2, 0) is 11.0 Å². The molecule has 1 fully saturated rings. The summed E-state index contributed by atoms with van der Waals surface area (Å²) in [6.45, 7) is 0. The summed E-state index contributed by atoms with van der Waals surface area (Å²) in [5.41, 5.74) is -0.724. The Labute approximate surface area is 121 Å². The zero-order valence-electron chi connectivity index (χ0n) is 11.6. The predicted octanol–water partition coefficient (Wildman–Crippen LogP) is 3.52. The quantitative estimate of drug-likeness (QED) is 0.838. The lowest BCUT2D eigenvalue weighted by Gasteiger charge is -2.32. The standard InChI is InChI=1S/C15H15F3N2O/c1-20(11-2-5-13(21)6-3-11)12-4-7-14(15(16,17)18)10(8-12)9-19/h4,7-8,11H,2-3,5-6H2,1H3. The number of ketones is 1. The number of rotatable bonds is 2. The first-order valence-corrected chi connectivity index (χ1v) is 6.69. The number of benzene rings is 1. The van der Waals surface area contributed by atoms with Crippen LogP contribution in [0.1, 0.15) is 36.8 Å². The number of hydrogen-bond acceptors (Lipinski definition) is 3. The van der Waals surface area contributed by atoms with Gasteiger partial charge < -0.3 is 4.90 Å². The Morgan fingerprint density at radius 1 is 1.29 bits per heavy atom. The second kappa shape index (κ2) is 5.76. The van der Waals surface area contributed by atoms with Gasteiger partial charge in [-0.1, -0.05) is 0 Å². The molecule has 0 aromatic heterocycles. The lowest BCUT2D eigenvalue weighted by atomic mass is 9.93. The van der Waals surface area contributed by atoms with Crippen LogP contribution in [-0.4, -0.2) is 18.9 Å². The number of carbonyl (C=O) groups is 1. The molecule has 0 unspecified atom stereocenters. The molecule has 0 spiro atoms. The fourth-order valence-electron chi connectivity index (χ4n) is 2.61. The Kier molecular flexibility index (Phi) is 4.21. The van der Waals surface area contributed by atoms with Gasteiger partial charge in [0.05, 0.1) is 17.2 Å². The van der Waals surface area contributed by atoms with Gasteiger partial charge in [-0.25, -0.2) is 0 Å². The van der Waals surface area contributed by atoms with Crippen molar-refractivity contribution >= 4 is 11.5 Å². The highest BCUT2D eigenvalue weighted by Crippen LogP contribution is 2.34. The molecule has 1 aliphatic rings. The van der Waals surface area contributed by atoms with Crippen LogP contribution in [0, 0.1) is 11.3 Å². The number of alkyl halides is 3. The SMILES string of the molecule is CN(c1ccc(C(F)(F)F)c(C#N)c1)C1CCC(=O)CC1. The van der Waals surface area contributed by atoms with Crippen molar-refractivity contribution in [3.63, 3.8) is 0 Å². The molecule has 0 atom stereocenters. The van der Waals surface area contributed by atoms with Crippen molar-refractivity contribution in [1.29, 1.82) is 5.26 Å². The molecule has 0 radical (unpaired) electrons. The Morgan fingerprint density at radius 3 is 2.43 bits per heavy atom. The van der Waals surface area contributed by atoms with Crippen molar-refractivity contribution < 1.29 is 18.0 Å². The fourth-order valence-corrected chi connectivity index (χ4v) is 2.61. The van der Waals surface area contributed by atoms with E-state index in [1.54, 1.807) is 13.1 Å². The summed E-state index contributed by atoms with van der Waals surface area (Å²) in [5, 5.41) is 8.92. The molecule has 1 saturated carbocycles. The lowest BCUT2D eigenvalue weighted by Crippen LogP contribution is -2.35. The van der Waals surface area contributed by atoms with Gasteiger partial charge in [0.2, 0.25) is 0 Å². The minimum atomic E-state index is -4.53. The predicted molar refractivity (Wildman–Crippen MR) is 71.8 cm³/mol. The third kappa shape index (κ3) is 3.35. The van der Waals surface area contributed by atoms with E-state index in [9.17, 15) is 18.0 Å². The van der Waals surface area contributed by atoms with Gasteiger partial charge in [-0.2, -0.15) is 18.4 Å². The Hall–Kier alpha value is -2.03. The van der Waals surface area contributed by atoms with E-state index in [0.717, 1.165) is 6.07 Å². The van der Waals surface area contributed by atoms with Gasteiger partial charge in [0.1, 0.15) is 5.78 Å². The summed E-state index contributed by atoms with van der Waals surface area (Å²) in [4.78, 5) is 13.1. The molecule has 1 aromatic rings. The first-order valence-electron chi connectivity index (χ1n) is 6.69. The molecule has 0 bridgehead atoms. The minimum Gasteiger partial charge on any atom is -0.372 e. The maximum absolute atomic E-state index is 12.8. The van der Waals surface area contributed by atoms with Gasteiger partial charge in [-0.3, -0.25) is 4.79 Å². The second-order valence-electron chi connectivity index (χ2n) is 5.22. The van der Waals surface area contributed by atoms with Gasteiger partial charge in [-0.15, -0.1) is 0 Å². The van der Waals surface area contributed by atoms with E-state index >= 15 is 0 Å². The van der Waals surface area contributed by atoms with Crippen LogP contribution < -0.4 is 4.90 Å². The maximum Gasteiger partial charge on any atom is 0.417 e. The van der Waals surface area contributed by atoms with Crippen LogP contribution in [0.15, 0.2) is 18.2 Å². The molecule has 2 rings (SSSR count). The largest absolute Gasteiger partial charge is 0.417 e. The second-order valence-corrected chi connectivity index (χ2v) is 5.22. The van der Waals surface area contributed by atoms with Gasteiger partial charge in [-0.05, 0) is 31.0 Å². The lowest BCUT2D eigenvalue weighted by molar-refractivity contribution is -0.137. The van der Waals surface area contributed by atoms with Crippen molar-refractivity contribution in [3.8, 4) is 6.07 Å². The number of carbonyl (C=O) groups excluding carboxylic acids is 1. The molecular formula is C15H15F3N2O. The summed E-state index contributed by atoms with van der Waals surface area (Å²) < 4.78 is 38.3. The fraction of sp³-hybridized carbons (Fsp3) is 0.467. The summed E-state index contributed by atoms with van der Waals surface area (Å²) in [7, 11) is 1.78. The van der Waals surface area contributed by atoms with Crippen LogP contribution in [0.3, 0.4) is 0 Å². The molecule has 1 aliphatic carbocycles. The summed E-state index contributed by atoms with van der Waals surface area (Å²) in [6.07, 6.45) is -2.14. The summed E-state index contributed by atoms with van der Waals surface area (Å²) >= 11 is 0. The number of anilines is 1. The molecule has 0 amide bonds. The highest BCUT2D eigenvalue weighted by molar-refractivity contribution is 5.79. The molecule has 0 N–H and O–H groups in total. The van der Waals surface area contributed by atoms with Gasteiger partial charge in [0.25, 0.3) is 0 Å². The Morgan fingerprint density at radius 2 is 1.90 bits per heavy atom. The van der Waals surface area contributed by atoms with E-state index in [2.05, 4.69) is 0 Å². The van der Waals surface area contributed by atoms with Gasteiger partial charge in [0.15, 0.2) is 0 Å². The number of hydrogen-bond donors (Lipinski definition) is 0. The molecule has 0 saturated heterocycles. The molecule has 112 valence electrons. The number of halogens is 3. The van der Waals surface area contributed by atoms with E-state index in [1.807, 2.05) is 4.90 Å². The molecule has 3 nitrogen and oxygen atoms in total. The van der Waals surface area contributed by atoms with Crippen LogP contribution in [0.25, 0.3) is 0 Å². The van der Waals surface area contributed by atoms with E-state index in [4.69, 9.17) is 5.26 Å². The zero-order valence-corrected chi connectivity index (χ0v) is 11.6. The number of Topliss-reactive ketones (excluding diaryl/α,β-unsaturated/α-hetero) is 1. The average Bonchev–Trinajstić information content (AvgIpc) is 2.45. The van der Waals surface area contributed by atoms with Crippen molar-refractivity contribution in [2.24, 2.45) is 0 Å². The van der Waals surface area contributed by atoms with Crippen LogP contribution in [0.5, 0.6) is 0 Å². The first kappa shape index (κ1) is 15.4. The molecule has 6 heteroatoms. The third-order valence-corrected chi connectivity index (χ3v) is 3.90. The minimum absolute atomic E-state index is 0.117. The van der Waals surface area contributed by atoms with E-state index in [0.29, 0.717) is 31.4 Å². The van der Waals surface area contributed by atoms with Gasteiger partial charge in [0, 0.05) is 31.6 Å². The molecule has 1 aromatic carbocycles. The van der Waals surface area contributed by atoms with Gasteiger partial charge >= 0.3 is 6.18 Å². The number of nitrogens with zero attached hydrogens (tertiary/aromatic N) is 2. The summed E-state index contributed by atoms with van der Waals surface area (Å²) in [6, 6.07) is 5.30. The monoisotopic (exact) mass is 296 g/mol. The van der Waals surface area contributed by atoms with Crippen LogP contribution in [0.2, 0.25) is 0 Å². The highest BCUT2D eigenvalue weighted by Gasteiger charge is 2.34. The third-order valence-electron chi connectivity index (χ3n) is 3.90. The van der Waals surface area contributed by atoms with Crippen molar-refractivity contribution in [3.05, 3.63) is 29.3 Å². The molecule has 0 heterocycles. The van der Waals surface area contributed by atoms with E-state index < -0.39 is 11.7 Å². The summed E-state index contributed by atoms with van der Waals surface area (Å²) in [5.74, 6) is 0.227. The first-order chi connectivity index (χ1) is 9.82. The normalized spacial score (nSPS) is 16.6. The smallest absolute Gasteiger partial charge is 0.372 e. The molecular weight excluding hydrogens is 281 g/mol. The topological polar surface area (TPSA) is 44.1 Å². The van der Waals surface area contributed by atoms with Crippen LogP contribution >= 0.6 is 0 Å². The zero-order chi connectivity index (χ0) is 15.6. The highest BCUT2D eigenvalue weighted by atomic mass is 19.4. The molecule has 0 aliphatic heterocycles. The van der Waals surface area contributed by atoms with Crippen molar-refractivity contribution in [2.45, 2.75) is 37.9 Å². The maximum atomic E-state index is 12.8. The Bertz CT molecular complexity index is 580. The molecule has 21 heavy (non-hydrogen) atoms. The Balaban J connectivity index is 2.25. The van der Waals surface area contributed by atoms with E-state index in [-0.39, 0.29) is 17.4 Å². The van der Waals surface area contributed by atoms with Crippen molar-refractivity contribution in [2.75, 3.05) is 11.9 Å². The number of nitriles is 1. The van der Waals surface area contributed by atoms with Crippen LogP contribution in [0.4, 0.5) is 18.9 Å². The van der Waals surface area contributed by atoms with Crippen molar-refractivity contribution in [1.82, 2.24) is 0 Å². The van der Waals surface area contributed by atoms with E-state index in [1.165, 1.54) is 12.1 Å².